The minimum atomic E-state index is -3.06. The highest BCUT2D eigenvalue weighted by Crippen LogP contribution is 2.48. The van der Waals surface area contributed by atoms with E-state index in [0.717, 1.165) is 25.2 Å². The number of nitrogens with one attached hydrogen (secondary N) is 1. The average Bonchev–Trinajstić information content (AvgIpc) is 2.70. The van der Waals surface area contributed by atoms with E-state index in [0.29, 0.717) is 23.4 Å². The van der Waals surface area contributed by atoms with E-state index in [2.05, 4.69) is 16.3 Å². The molecule has 3 aliphatic rings. The summed E-state index contributed by atoms with van der Waals surface area (Å²) in [5.41, 5.74) is 2.23. The van der Waals surface area contributed by atoms with Crippen molar-refractivity contribution in [2.24, 2.45) is 0 Å². The zero-order valence-electron chi connectivity index (χ0n) is 10.1. The van der Waals surface area contributed by atoms with Crippen LogP contribution in [-0.4, -0.2) is 39.8 Å². The number of hydrogen-bond donors (Lipinski definition) is 1. The summed E-state index contributed by atoms with van der Waals surface area (Å²) in [5, 5.41) is 3.43. The SMILES string of the molecule is O=S1(=O)CCN2c3c(cccc31)C1CNCCC12. The first-order valence-electron chi connectivity index (χ1n) is 6.51. The lowest BCUT2D eigenvalue weighted by Gasteiger charge is -2.36. The van der Waals surface area contributed by atoms with Gasteiger partial charge >= 0.3 is 0 Å². The summed E-state index contributed by atoms with van der Waals surface area (Å²) in [5.74, 6) is 0.724. The first-order chi connectivity index (χ1) is 8.68. The van der Waals surface area contributed by atoms with Crippen molar-refractivity contribution in [2.75, 3.05) is 30.3 Å². The molecule has 1 N–H and O–H groups in total. The molecule has 0 spiro atoms. The molecule has 18 heavy (non-hydrogen) atoms. The van der Waals surface area contributed by atoms with Gasteiger partial charge in [0.15, 0.2) is 9.84 Å². The molecule has 96 valence electrons. The Morgan fingerprint density at radius 1 is 1.33 bits per heavy atom. The standard InChI is InChI=1S/C13H16N2O2S/c16-18(17)7-6-15-11-4-5-14-8-10(11)9-2-1-3-12(18)13(9)15/h1-3,10-11,14H,4-8H2. The molecule has 0 radical (unpaired) electrons. The van der Waals surface area contributed by atoms with Crippen LogP contribution in [0.25, 0.3) is 0 Å². The number of anilines is 1. The second-order valence-corrected chi connectivity index (χ2v) is 7.45. The topological polar surface area (TPSA) is 49.4 Å². The number of fused-ring (bicyclic) bond motifs is 3. The molecule has 0 saturated carbocycles. The van der Waals surface area contributed by atoms with Gasteiger partial charge in [0.25, 0.3) is 0 Å². The van der Waals surface area contributed by atoms with E-state index in [9.17, 15) is 8.42 Å². The minimum absolute atomic E-state index is 0.264. The smallest absolute Gasteiger partial charge is 0.182 e. The van der Waals surface area contributed by atoms with Crippen LogP contribution in [0.5, 0.6) is 0 Å². The maximum atomic E-state index is 12.2. The van der Waals surface area contributed by atoms with E-state index in [4.69, 9.17) is 0 Å². The maximum Gasteiger partial charge on any atom is 0.182 e. The molecule has 4 rings (SSSR count). The third-order valence-electron chi connectivity index (χ3n) is 4.50. The van der Waals surface area contributed by atoms with E-state index in [1.807, 2.05) is 6.07 Å². The summed E-state index contributed by atoms with van der Waals surface area (Å²) in [7, 11) is -3.06. The average molecular weight is 264 g/mol. The van der Waals surface area contributed by atoms with E-state index in [1.165, 1.54) is 5.56 Å². The second-order valence-electron chi connectivity index (χ2n) is 5.37. The van der Waals surface area contributed by atoms with Gasteiger partial charge in [-0.15, -0.1) is 0 Å². The molecule has 3 heterocycles. The molecule has 0 aromatic heterocycles. The van der Waals surface area contributed by atoms with Crippen molar-refractivity contribution in [3.63, 3.8) is 0 Å². The molecule has 1 aromatic rings. The lowest BCUT2D eigenvalue weighted by Crippen LogP contribution is -2.46. The van der Waals surface area contributed by atoms with Crippen LogP contribution in [0.3, 0.4) is 0 Å². The first-order valence-corrected chi connectivity index (χ1v) is 8.17. The molecule has 2 unspecified atom stereocenters. The first kappa shape index (κ1) is 10.8. The van der Waals surface area contributed by atoms with E-state index in [1.54, 1.807) is 6.07 Å². The quantitative estimate of drug-likeness (QED) is 0.751. The van der Waals surface area contributed by atoms with Crippen LogP contribution >= 0.6 is 0 Å². The normalized spacial score (nSPS) is 31.9. The molecular weight excluding hydrogens is 248 g/mol. The highest BCUT2D eigenvalue weighted by Gasteiger charge is 2.44. The number of benzene rings is 1. The van der Waals surface area contributed by atoms with Gasteiger partial charge in [0, 0.05) is 25.0 Å². The Bertz CT molecular complexity index is 611. The molecule has 0 aliphatic carbocycles. The summed E-state index contributed by atoms with van der Waals surface area (Å²) in [4.78, 5) is 2.90. The molecule has 0 amide bonds. The fourth-order valence-electron chi connectivity index (χ4n) is 3.70. The number of para-hydroxylation sites is 1. The van der Waals surface area contributed by atoms with Crippen molar-refractivity contribution in [3.8, 4) is 0 Å². The highest BCUT2D eigenvalue weighted by molar-refractivity contribution is 7.91. The van der Waals surface area contributed by atoms with Crippen molar-refractivity contribution < 1.29 is 8.42 Å². The zero-order valence-corrected chi connectivity index (χ0v) is 10.9. The Kier molecular flexibility index (Phi) is 2.09. The molecule has 5 heteroatoms. The summed E-state index contributed by atoms with van der Waals surface area (Å²) >= 11 is 0. The summed E-state index contributed by atoms with van der Waals surface area (Å²) in [6, 6.07) is 6.26. The Labute approximate surface area is 107 Å². The van der Waals surface area contributed by atoms with Crippen LogP contribution in [0.4, 0.5) is 5.69 Å². The van der Waals surface area contributed by atoms with Gasteiger partial charge in [-0.3, -0.25) is 0 Å². The Hall–Kier alpha value is -1.07. The maximum absolute atomic E-state index is 12.2. The predicted octanol–water partition coefficient (Wildman–Crippen LogP) is 0.739. The Balaban J connectivity index is 1.97. The number of piperidine rings is 1. The van der Waals surface area contributed by atoms with E-state index >= 15 is 0 Å². The van der Waals surface area contributed by atoms with Crippen LogP contribution in [-0.2, 0) is 9.84 Å². The molecule has 1 saturated heterocycles. The number of hydrogen-bond acceptors (Lipinski definition) is 4. The van der Waals surface area contributed by atoms with E-state index in [-0.39, 0.29) is 5.75 Å². The van der Waals surface area contributed by atoms with Crippen molar-refractivity contribution in [1.82, 2.24) is 5.32 Å². The van der Waals surface area contributed by atoms with Gasteiger partial charge in [-0.05, 0) is 24.6 Å². The largest absolute Gasteiger partial charge is 0.366 e. The predicted molar refractivity (Wildman–Crippen MR) is 69.9 cm³/mol. The van der Waals surface area contributed by atoms with Crippen molar-refractivity contribution >= 4 is 15.5 Å². The molecule has 3 aliphatic heterocycles. The molecular formula is C13H16N2O2S. The van der Waals surface area contributed by atoms with Gasteiger partial charge in [0.1, 0.15) is 0 Å². The monoisotopic (exact) mass is 264 g/mol. The Morgan fingerprint density at radius 2 is 2.22 bits per heavy atom. The molecule has 0 bridgehead atoms. The fourth-order valence-corrected chi connectivity index (χ4v) is 5.18. The lowest BCUT2D eigenvalue weighted by molar-refractivity contribution is 0.405. The van der Waals surface area contributed by atoms with Gasteiger partial charge in [-0.2, -0.15) is 0 Å². The number of nitrogens with zero attached hydrogens (tertiary/aromatic N) is 1. The second kappa shape index (κ2) is 3.48. The third kappa shape index (κ3) is 1.26. The van der Waals surface area contributed by atoms with Crippen LogP contribution in [0.2, 0.25) is 0 Å². The Morgan fingerprint density at radius 3 is 3.11 bits per heavy atom. The van der Waals surface area contributed by atoms with Gasteiger partial charge in [0.2, 0.25) is 0 Å². The van der Waals surface area contributed by atoms with Crippen LogP contribution in [0.1, 0.15) is 17.9 Å². The van der Waals surface area contributed by atoms with Crippen molar-refractivity contribution in [1.29, 1.82) is 0 Å². The van der Waals surface area contributed by atoms with Gasteiger partial charge in [-0.25, -0.2) is 8.42 Å². The van der Waals surface area contributed by atoms with Crippen LogP contribution in [0, 0.1) is 0 Å². The molecule has 4 nitrogen and oxygen atoms in total. The molecule has 2 atom stereocenters. The fraction of sp³-hybridized carbons (Fsp3) is 0.538. The third-order valence-corrected chi connectivity index (χ3v) is 6.22. The van der Waals surface area contributed by atoms with Crippen LogP contribution < -0.4 is 10.2 Å². The zero-order chi connectivity index (χ0) is 12.3. The van der Waals surface area contributed by atoms with Crippen LogP contribution in [0.15, 0.2) is 23.1 Å². The summed E-state index contributed by atoms with van der Waals surface area (Å²) < 4.78 is 24.3. The van der Waals surface area contributed by atoms with Crippen molar-refractivity contribution in [3.05, 3.63) is 23.8 Å². The molecule has 1 fully saturated rings. The summed E-state index contributed by atoms with van der Waals surface area (Å²) in [6.45, 7) is 2.67. The van der Waals surface area contributed by atoms with Gasteiger partial charge < -0.3 is 10.2 Å². The number of rotatable bonds is 0. The van der Waals surface area contributed by atoms with E-state index < -0.39 is 9.84 Å². The minimum Gasteiger partial charge on any atom is -0.366 e. The van der Waals surface area contributed by atoms with Gasteiger partial charge in [-0.1, -0.05) is 12.1 Å². The highest BCUT2D eigenvalue weighted by atomic mass is 32.2. The number of sulfone groups is 1. The van der Waals surface area contributed by atoms with Gasteiger partial charge in [0.05, 0.1) is 16.3 Å². The summed E-state index contributed by atoms with van der Waals surface area (Å²) in [6.07, 6.45) is 1.11. The molecule has 1 aromatic carbocycles. The lowest BCUT2D eigenvalue weighted by atomic mass is 9.90. The van der Waals surface area contributed by atoms with Crippen molar-refractivity contribution in [2.45, 2.75) is 23.3 Å².